The minimum atomic E-state index is 0.166. The minimum Gasteiger partial charge on any atom is -0.115 e. The van der Waals surface area contributed by atoms with Crippen molar-refractivity contribution in [3.05, 3.63) is 65.8 Å². The van der Waals surface area contributed by atoms with Gasteiger partial charge in [-0.1, -0.05) is 68.5 Å². The van der Waals surface area contributed by atoms with Gasteiger partial charge in [0.1, 0.15) is 0 Å². The van der Waals surface area contributed by atoms with Crippen molar-refractivity contribution in [3.8, 4) is 0 Å². The van der Waals surface area contributed by atoms with E-state index in [4.69, 9.17) is 0 Å². The first-order chi connectivity index (χ1) is 8.88. The first-order valence-electron chi connectivity index (χ1n) is 6.67. The molecule has 1 rings (SSSR count). The van der Waals surface area contributed by atoms with E-state index in [2.05, 4.69) is 77.4 Å². The third-order valence-corrected chi connectivity index (χ3v) is 4.85. The van der Waals surface area contributed by atoms with Crippen LogP contribution < -0.4 is 0 Å². The normalized spacial score (nSPS) is 12.8. The number of hydrogen-bond donors (Lipinski definition) is 0. The van der Waals surface area contributed by atoms with Crippen LogP contribution in [0, 0.1) is 0 Å². The molecule has 0 aliphatic heterocycles. The van der Waals surface area contributed by atoms with Crippen LogP contribution in [0.3, 0.4) is 0 Å². The highest BCUT2D eigenvalue weighted by Gasteiger charge is 2.23. The fourth-order valence-electron chi connectivity index (χ4n) is 1.87. The van der Waals surface area contributed by atoms with Crippen LogP contribution in [0.25, 0.3) is 5.57 Å². The lowest BCUT2D eigenvalue weighted by Gasteiger charge is -2.28. The molecule has 0 amide bonds. The quantitative estimate of drug-likeness (QED) is 0.478. The molecule has 0 aliphatic rings. The Bertz CT molecular complexity index is 486. The van der Waals surface area contributed by atoms with Crippen LogP contribution in [0.5, 0.6) is 0 Å². The van der Waals surface area contributed by atoms with Crippen molar-refractivity contribution in [3.63, 3.8) is 0 Å². The predicted octanol–water partition coefficient (Wildman–Crippen LogP) is 5.68. The molecule has 1 atom stereocenters. The van der Waals surface area contributed by atoms with Crippen LogP contribution in [0.4, 0.5) is 0 Å². The molecule has 0 saturated heterocycles. The lowest BCUT2D eigenvalue weighted by Crippen LogP contribution is -2.17. The summed E-state index contributed by atoms with van der Waals surface area (Å²) >= 11 is 0. The van der Waals surface area contributed by atoms with Crippen molar-refractivity contribution in [2.45, 2.75) is 32.9 Å². The molecule has 0 radical (unpaired) electrons. The van der Waals surface area contributed by atoms with Crippen molar-refractivity contribution in [2.75, 3.05) is 6.66 Å². The molecule has 0 heterocycles. The molecule has 1 aromatic rings. The van der Waals surface area contributed by atoms with Crippen LogP contribution in [0.15, 0.2) is 60.2 Å². The van der Waals surface area contributed by atoms with E-state index in [1.54, 1.807) is 0 Å². The van der Waals surface area contributed by atoms with Gasteiger partial charge in [0.25, 0.3) is 0 Å². The Labute approximate surface area is 120 Å². The van der Waals surface area contributed by atoms with Crippen LogP contribution in [0.2, 0.25) is 0 Å². The zero-order valence-electron chi connectivity index (χ0n) is 12.7. The molecule has 0 aromatic heterocycles. The topological polar surface area (TPSA) is 0 Å². The van der Waals surface area contributed by atoms with Crippen LogP contribution >= 0.6 is 8.58 Å². The summed E-state index contributed by atoms with van der Waals surface area (Å²) in [5, 5.41) is 0.166. The van der Waals surface area contributed by atoms with Gasteiger partial charge in [-0.05, 0) is 37.2 Å². The van der Waals surface area contributed by atoms with Crippen molar-refractivity contribution in [1.29, 1.82) is 0 Å². The van der Waals surface area contributed by atoms with Gasteiger partial charge in [0.15, 0.2) is 0 Å². The number of benzene rings is 1. The van der Waals surface area contributed by atoms with E-state index in [0.29, 0.717) is 0 Å². The van der Waals surface area contributed by atoms with Gasteiger partial charge in [-0.15, -0.1) is 8.58 Å². The van der Waals surface area contributed by atoms with Gasteiger partial charge in [-0.2, -0.15) is 0 Å². The smallest absolute Gasteiger partial charge is 0.00731 e. The molecule has 0 nitrogen and oxygen atoms in total. The van der Waals surface area contributed by atoms with Crippen LogP contribution in [0.1, 0.15) is 33.3 Å². The molecule has 102 valence electrons. The van der Waals surface area contributed by atoms with E-state index in [0.717, 1.165) is 14.2 Å². The second kappa shape index (κ2) is 6.87. The van der Waals surface area contributed by atoms with Gasteiger partial charge in [-0.25, -0.2) is 0 Å². The molecule has 0 N–H and O–H groups in total. The van der Waals surface area contributed by atoms with E-state index in [1.165, 1.54) is 16.7 Å². The lowest BCUT2D eigenvalue weighted by atomic mass is 9.90. The Balaban J connectivity index is 3.22. The molecule has 0 bridgehead atoms. The first kappa shape index (κ1) is 15.9. The highest BCUT2D eigenvalue weighted by Crippen LogP contribution is 2.41. The zero-order valence-corrected chi connectivity index (χ0v) is 13.7. The van der Waals surface area contributed by atoms with Gasteiger partial charge in [-0.3, -0.25) is 0 Å². The standard InChI is InChI=1S/C18H25P/c1-14(2)12-13-17(18(4,5)19-6)15(3)16-10-8-7-9-11-16/h7-13,19H,3H2,1-2,4-6H3/b17-13+. The molecular weight excluding hydrogens is 247 g/mol. The van der Waals surface area contributed by atoms with Gasteiger partial charge < -0.3 is 0 Å². The summed E-state index contributed by atoms with van der Waals surface area (Å²) in [6.45, 7) is 15.4. The Kier molecular flexibility index (Phi) is 5.76. The molecule has 0 fully saturated rings. The van der Waals surface area contributed by atoms with Gasteiger partial charge in [0, 0.05) is 5.16 Å². The van der Waals surface area contributed by atoms with E-state index in [9.17, 15) is 0 Å². The maximum atomic E-state index is 4.32. The fraction of sp³-hybridized carbons (Fsp3) is 0.333. The summed E-state index contributed by atoms with van der Waals surface area (Å²) in [5.41, 5.74) is 4.99. The van der Waals surface area contributed by atoms with Crippen molar-refractivity contribution in [2.24, 2.45) is 0 Å². The monoisotopic (exact) mass is 272 g/mol. The second-order valence-corrected chi connectivity index (χ2v) is 7.29. The highest BCUT2D eigenvalue weighted by molar-refractivity contribution is 7.39. The van der Waals surface area contributed by atoms with Crippen molar-refractivity contribution >= 4 is 14.2 Å². The van der Waals surface area contributed by atoms with Crippen molar-refractivity contribution in [1.82, 2.24) is 0 Å². The summed E-state index contributed by atoms with van der Waals surface area (Å²) in [7, 11) is 0.848. The Morgan fingerprint density at radius 3 is 2.16 bits per heavy atom. The second-order valence-electron chi connectivity index (χ2n) is 5.54. The molecule has 0 spiro atoms. The lowest BCUT2D eigenvalue weighted by molar-refractivity contribution is 0.856. The average molecular weight is 272 g/mol. The third kappa shape index (κ3) is 4.48. The van der Waals surface area contributed by atoms with Gasteiger partial charge in [0.05, 0.1) is 0 Å². The van der Waals surface area contributed by atoms with E-state index >= 15 is 0 Å². The number of hydrogen-bond acceptors (Lipinski definition) is 0. The van der Waals surface area contributed by atoms with Crippen LogP contribution in [-0.2, 0) is 0 Å². The Hall–Kier alpha value is -1.13. The Morgan fingerprint density at radius 1 is 1.11 bits per heavy atom. The largest absolute Gasteiger partial charge is 0.115 e. The summed E-state index contributed by atoms with van der Waals surface area (Å²) < 4.78 is 0. The summed E-state index contributed by atoms with van der Waals surface area (Å²) in [5.74, 6) is 0. The molecule has 0 aliphatic carbocycles. The summed E-state index contributed by atoms with van der Waals surface area (Å²) in [6, 6.07) is 10.4. The summed E-state index contributed by atoms with van der Waals surface area (Å²) in [4.78, 5) is 0. The predicted molar refractivity (Wildman–Crippen MR) is 91.3 cm³/mol. The highest BCUT2D eigenvalue weighted by atomic mass is 31.1. The van der Waals surface area contributed by atoms with Gasteiger partial charge >= 0.3 is 0 Å². The molecule has 0 saturated carbocycles. The fourth-order valence-corrected chi connectivity index (χ4v) is 2.37. The zero-order chi connectivity index (χ0) is 14.5. The molecule has 1 heteroatoms. The third-order valence-electron chi connectivity index (χ3n) is 3.33. The Morgan fingerprint density at radius 2 is 1.68 bits per heavy atom. The summed E-state index contributed by atoms with van der Waals surface area (Å²) in [6.07, 6.45) is 4.42. The molecule has 19 heavy (non-hydrogen) atoms. The van der Waals surface area contributed by atoms with E-state index in [-0.39, 0.29) is 5.16 Å². The number of rotatable bonds is 5. The maximum Gasteiger partial charge on any atom is 0.00731 e. The molecule has 1 aromatic carbocycles. The molecular formula is C18H25P. The average Bonchev–Trinajstić information content (AvgIpc) is 2.39. The minimum absolute atomic E-state index is 0.166. The SMILES string of the molecule is C=C(/C(=C\C=C(C)C)C(C)(C)PC)c1ccccc1. The number of allylic oxidation sites excluding steroid dienone is 5. The molecule has 1 unspecified atom stereocenters. The maximum absolute atomic E-state index is 4.32. The first-order valence-corrected chi connectivity index (χ1v) is 8.17. The van der Waals surface area contributed by atoms with Crippen LogP contribution in [-0.4, -0.2) is 11.8 Å². The van der Waals surface area contributed by atoms with Crippen molar-refractivity contribution < 1.29 is 0 Å². The van der Waals surface area contributed by atoms with E-state index in [1.807, 2.05) is 6.07 Å². The van der Waals surface area contributed by atoms with E-state index < -0.39 is 0 Å². The van der Waals surface area contributed by atoms with Gasteiger partial charge in [0.2, 0.25) is 0 Å².